The van der Waals surface area contributed by atoms with Crippen LogP contribution in [-0.4, -0.2) is 0 Å². The average Bonchev–Trinajstić information content (AvgIpc) is 3.97. The zero-order valence-corrected chi connectivity index (χ0v) is 42.1. The molecule has 0 N–H and O–H groups in total. The number of rotatable bonds is 6. The molecule has 0 aliphatic heterocycles. The molecule has 0 saturated carbocycles. The van der Waals surface area contributed by atoms with Crippen LogP contribution in [0.2, 0.25) is 0 Å². The van der Waals surface area contributed by atoms with Crippen molar-refractivity contribution in [1.29, 1.82) is 0 Å². The Labute approximate surface area is 429 Å². The maximum Gasteiger partial charge on any atom is 0.0130 e. The molecule has 15 rings (SSSR count). The molecule has 0 heteroatoms. The summed E-state index contributed by atoms with van der Waals surface area (Å²) in [5.74, 6) is 0.586. The van der Waals surface area contributed by atoms with Crippen LogP contribution >= 0.6 is 0 Å². The van der Waals surface area contributed by atoms with Crippen molar-refractivity contribution in [2.24, 2.45) is 5.92 Å². The minimum Gasteiger partial charge on any atom is -0.0836 e. The Morgan fingerprint density at radius 3 is 1.93 bits per heavy atom. The summed E-state index contributed by atoms with van der Waals surface area (Å²) in [6, 6.07) is 60.5. The van der Waals surface area contributed by atoms with E-state index in [1.165, 1.54) is 148 Å². The third-order valence-electron chi connectivity index (χ3n) is 16.8. The molecule has 11 aromatic rings. The molecule has 2 unspecified atom stereocenters. The number of fused-ring (bicyclic) bond motifs is 10. The zero-order chi connectivity index (χ0) is 48.7. The van der Waals surface area contributed by atoms with Crippen molar-refractivity contribution < 1.29 is 0 Å². The maximum absolute atomic E-state index is 2.65. The highest BCUT2D eigenvalue weighted by Crippen LogP contribution is 2.57. The first-order chi connectivity index (χ1) is 36.2. The van der Waals surface area contributed by atoms with Crippen LogP contribution in [0.4, 0.5) is 0 Å². The van der Waals surface area contributed by atoms with Gasteiger partial charge in [-0.15, -0.1) is 0 Å². The van der Waals surface area contributed by atoms with Crippen molar-refractivity contribution in [3.8, 4) is 0 Å². The van der Waals surface area contributed by atoms with Crippen LogP contribution in [0.3, 0.4) is 0 Å². The van der Waals surface area contributed by atoms with Gasteiger partial charge in [0.1, 0.15) is 0 Å². The van der Waals surface area contributed by atoms with Crippen LogP contribution in [0, 0.1) is 5.92 Å². The van der Waals surface area contributed by atoms with Gasteiger partial charge < -0.3 is 0 Å². The number of allylic oxidation sites excluding steroid dienone is 13. The topological polar surface area (TPSA) is 0 Å². The SMILES string of the molecule is CC.CC1C=C(c2c3cc4c5ccccc5c5cccc(c3c(C3=CC=CCC3c3ccccc3)c3c6cc7c(c8cccc(c23)c86)C=C(c2ccccc2C2=CCCC=C2)CC7)c54)C(c2ccccc2)=CC1. The third-order valence-corrected chi connectivity index (χ3v) is 16.8. The minimum atomic E-state index is 0.199. The number of benzene rings is 9. The lowest BCUT2D eigenvalue weighted by molar-refractivity contribution is 0.742. The van der Waals surface area contributed by atoms with E-state index in [9.17, 15) is 0 Å². The Hall–Kier alpha value is -8.06. The molecule has 0 amide bonds. The Balaban J connectivity index is 0.00000244. The molecule has 73 heavy (non-hydrogen) atoms. The second kappa shape index (κ2) is 17.6. The van der Waals surface area contributed by atoms with Crippen molar-refractivity contribution >= 4 is 109 Å². The van der Waals surface area contributed by atoms with Gasteiger partial charge in [0.15, 0.2) is 0 Å². The first-order valence-electron chi connectivity index (χ1n) is 27.0. The van der Waals surface area contributed by atoms with E-state index in [2.05, 4.69) is 219 Å². The lowest BCUT2D eigenvalue weighted by atomic mass is 9.75. The van der Waals surface area contributed by atoms with Gasteiger partial charge in [-0.05, 0) is 204 Å². The smallest absolute Gasteiger partial charge is 0.0130 e. The van der Waals surface area contributed by atoms with Crippen LogP contribution in [0.5, 0.6) is 0 Å². The van der Waals surface area contributed by atoms with Gasteiger partial charge in [0, 0.05) is 5.92 Å². The first kappa shape index (κ1) is 43.7. The van der Waals surface area contributed by atoms with Crippen molar-refractivity contribution in [3.63, 3.8) is 0 Å². The first-order valence-corrected chi connectivity index (χ1v) is 27.0. The van der Waals surface area contributed by atoms with Gasteiger partial charge in [-0.1, -0.05) is 221 Å². The van der Waals surface area contributed by atoms with Crippen molar-refractivity contribution in [3.05, 3.63) is 251 Å². The van der Waals surface area contributed by atoms with Gasteiger partial charge in [-0.3, -0.25) is 0 Å². The number of hydrogen-bond acceptors (Lipinski definition) is 0. The Bertz CT molecular complexity index is 4260. The van der Waals surface area contributed by atoms with Gasteiger partial charge in [0.2, 0.25) is 0 Å². The molecular weight excluding hydrogens is 877 g/mol. The van der Waals surface area contributed by atoms with Gasteiger partial charge in [0.25, 0.3) is 0 Å². The second-order valence-corrected chi connectivity index (χ2v) is 20.7. The predicted molar refractivity (Wildman–Crippen MR) is 319 cm³/mol. The van der Waals surface area contributed by atoms with E-state index >= 15 is 0 Å². The van der Waals surface area contributed by atoms with Gasteiger partial charge >= 0.3 is 0 Å². The number of hydrogen-bond donors (Lipinski definition) is 0. The Kier molecular flexibility index (Phi) is 10.5. The van der Waals surface area contributed by atoms with Crippen LogP contribution in [-0.2, 0) is 6.42 Å². The zero-order valence-electron chi connectivity index (χ0n) is 42.1. The fourth-order valence-corrected chi connectivity index (χ4v) is 13.7. The molecule has 2 atom stereocenters. The summed E-state index contributed by atoms with van der Waals surface area (Å²) in [4.78, 5) is 0. The van der Waals surface area contributed by atoms with E-state index in [-0.39, 0.29) is 5.92 Å². The van der Waals surface area contributed by atoms with E-state index in [1.807, 2.05) is 13.8 Å². The molecule has 0 spiro atoms. The summed E-state index contributed by atoms with van der Waals surface area (Å²) in [6.07, 6.45) is 28.2. The molecule has 0 radical (unpaired) electrons. The second-order valence-electron chi connectivity index (χ2n) is 20.7. The monoisotopic (exact) mass is 934 g/mol. The highest BCUT2D eigenvalue weighted by atomic mass is 14.4. The normalized spacial score (nSPS) is 17.8. The highest BCUT2D eigenvalue weighted by Gasteiger charge is 2.33. The van der Waals surface area contributed by atoms with E-state index in [0.29, 0.717) is 5.92 Å². The molecule has 0 saturated heterocycles. The third kappa shape index (κ3) is 6.73. The Morgan fingerprint density at radius 2 is 1.14 bits per heavy atom. The van der Waals surface area contributed by atoms with Crippen LogP contribution in [0.15, 0.2) is 206 Å². The highest BCUT2D eigenvalue weighted by molar-refractivity contribution is 6.43. The van der Waals surface area contributed by atoms with E-state index in [0.717, 1.165) is 38.5 Å². The molecule has 4 aliphatic rings. The van der Waals surface area contributed by atoms with Crippen LogP contribution < -0.4 is 0 Å². The lowest BCUT2D eigenvalue weighted by Crippen LogP contribution is -2.07. The van der Waals surface area contributed by atoms with Crippen LogP contribution in [0.1, 0.15) is 103 Å². The van der Waals surface area contributed by atoms with Crippen molar-refractivity contribution in [1.82, 2.24) is 0 Å². The molecule has 350 valence electrons. The quantitative estimate of drug-likeness (QED) is 0.146. The summed E-state index contributed by atoms with van der Waals surface area (Å²) in [6.45, 7) is 6.41. The molecule has 0 aromatic heterocycles. The molecule has 11 aromatic carbocycles. The summed E-state index contributed by atoms with van der Waals surface area (Å²) in [5.41, 5.74) is 17.9. The van der Waals surface area contributed by atoms with Gasteiger partial charge in [0.05, 0.1) is 0 Å². The van der Waals surface area contributed by atoms with Gasteiger partial charge in [-0.2, -0.15) is 0 Å². The van der Waals surface area contributed by atoms with E-state index in [1.54, 1.807) is 0 Å². The van der Waals surface area contributed by atoms with Crippen molar-refractivity contribution in [2.45, 2.75) is 65.2 Å². The molecule has 4 aliphatic carbocycles. The fourth-order valence-electron chi connectivity index (χ4n) is 13.7. The van der Waals surface area contributed by atoms with Crippen molar-refractivity contribution in [2.75, 3.05) is 0 Å². The van der Waals surface area contributed by atoms with E-state index in [4.69, 9.17) is 0 Å². The summed E-state index contributed by atoms with van der Waals surface area (Å²) in [5, 5.41) is 19.1. The van der Waals surface area contributed by atoms with E-state index < -0.39 is 0 Å². The Morgan fingerprint density at radius 1 is 0.466 bits per heavy atom. The largest absolute Gasteiger partial charge is 0.0836 e. The summed E-state index contributed by atoms with van der Waals surface area (Å²) in [7, 11) is 0. The number of aryl methyl sites for hydroxylation is 1. The standard InChI is InChI=1S/C71H52.C2H6/c1-43-35-38-52(46-23-9-4-10-24-46)61(39-43)68-64-42-62-54-29-15-14-28-53(54)56-31-17-33-58(65(56)62)67(64)69(55-30-16-13-26-50(55)45-21-7-3-8-22-45)71-63-41-48-37-36-47(40-60(48)57-32-18-34-59(66(57)63)70(68)71)51-27-12-11-25-49(51)44-19-5-2-6-20-44;1-2/h3-5,7-25,27-34,38-43,50H,2,6,26,35-37H2,1H3;1-2H3. The molecule has 0 bridgehead atoms. The fraction of sp³-hybridized carbons (Fsp3) is 0.151. The summed E-state index contributed by atoms with van der Waals surface area (Å²) >= 11 is 0. The summed E-state index contributed by atoms with van der Waals surface area (Å²) < 4.78 is 0. The van der Waals surface area contributed by atoms with Crippen LogP contribution in [0.25, 0.3) is 109 Å². The van der Waals surface area contributed by atoms with Gasteiger partial charge in [-0.25, -0.2) is 0 Å². The maximum atomic E-state index is 2.65. The lowest BCUT2D eigenvalue weighted by Gasteiger charge is -2.28. The molecule has 0 heterocycles. The average molecular weight is 935 g/mol. The predicted octanol–water partition coefficient (Wildman–Crippen LogP) is 20.5. The minimum absolute atomic E-state index is 0.199. The molecular formula is C73H58. The molecule has 0 nitrogen and oxygen atoms in total. The molecule has 0 fully saturated rings.